The fourth-order valence-corrected chi connectivity index (χ4v) is 5.35. The van der Waals surface area contributed by atoms with Crippen molar-refractivity contribution >= 4 is 17.5 Å². The van der Waals surface area contributed by atoms with Gasteiger partial charge in [-0.2, -0.15) is 0 Å². The van der Waals surface area contributed by atoms with Crippen molar-refractivity contribution in [3.63, 3.8) is 0 Å². The average molecular weight is 481 g/mol. The molecule has 1 saturated carbocycles. The molecule has 4 rings (SSSR count). The highest BCUT2D eigenvalue weighted by Gasteiger charge is 2.42. The van der Waals surface area contributed by atoms with E-state index in [1.807, 2.05) is 42.5 Å². The molecule has 0 spiro atoms. The molecule has 0 radical (unpaired) electrons. The Hall–Kier alpha value is -3.22. The molecule has 2 aromatic rings. The molecular formula is C28H36N2O5. The maximum absolute atomic E-state index is 13.7. The summed E-state index contributed by atoms with van der Waals surface area (Å²) in [6.45, 7) is 2.27. The predicted octanol–water partition coefficient (Wildman–Crippen LogP) is 4.89. The van der Waals surface area contributed by atoms with Gasteiger partial charge in [-0.05, 0) is 80.0 Å². The summed E-state index contributed by atoms with van der Waals surface area (Å²) in [5, 5.41) is 3.31. The number of carbonyl (C=O) groups excluding carboxylic acids is 2. The molecule has 2 aromatic carbocycles. The van der Waals surface area contributed by atoms with Crippen LogP contribution in [0.25, 0.3) is 0 Å². The van der Waals surface area contributed by atoms with Crippen molar-refractivity contribution in [3.05, 3.63) is 48.0 Å². The van der Waals surface area contributed by atoms with Gasteiger partial charge in [-0.25, -0.2) is 0 Å². The largest absolute Gasteiger partial charge is 0.497 e. The molecule has 2 atom stereocenters. The zero-order valence-corrected chi connectivity index (χ0v) is 21.1. The van der Waals surface area contributed by atoms with Gasteiger partial charge in [0, 0.05) is 18.2 Å². The minimum atomic E-state index is -0.466. The van der Waals surface area contributed by atoms with Crippen molar-refractivity contribution in [2.75, 3.05) is 26.2 Å². The number of benzene rings is 2. The van der Waals surface area contributed by atoms with E-state index in [9.17, 15) is 9.59 Å². The van der Waals surface area contributed by atoms with Crippen LogP contribution in [-0.4, -0.2) is 39.2 Å². The first kappa shape index (κ1) is 24.9. The Morgan fingerprint density at radius 2 is 1.57 bits per heavy atom. The van der Waals surface area contributed by atoms with E-state index in [-0.39, 0.29) is 23.8 Å². The van der Waals surface area contributed by atoms with Crippen molar-refractivity contribution in [2.24, 2.45) is 11.8 Å². The molecule has 1 aliphatic carbocycles. The van der Waals surface area contributed by atoms with Crippen molar-refractivity contribution in [1.82, 2.24) is 5.32 Å². The summed E-state index contributed by atoms with van der Waals surface area (Å²) in [5.74, 6) is 2.21. The Bertz CT molecular complexity index is 1030. The summed E-state index contributed by atoms with van der Waals surface area (Å²) < 4.78 is 16.3. The van der Waals surface area contributed by atoms with Crippen LogP contribution in [0.1, 0.15) is 57.1 Å². The number of hydrogen-bond acceptors (Lipinski definition) is 5. The molecular weight excluding hydrogens is 444 g/mol. The molecule has 2 aliphatic rings. The summed E-state index contributed by atoms with van der Waals surface area (Å²) >= 11 is 0. The van der Waals surface area contributed by atoms with E-state index in [0.717, 1.165) is 36.9 Å². The Balaban J connectivity index is 1.71. The third kappa shape index (κ3) is 5.39. The standard InChI is InChI=1S/C28H36N2O5/c1-18-5-8-20(9-6-18)29-28(32)23-14-16-26(31)30(21-10-12-22(33-2)13-11-21)27(23)19-7-15-24(34-3)25(17-19)35-4/h7,10-13,15,17-18,20,23,27H,5-6,8-9,14,16H2,1-4H3,(H,29,32)/t18?,20?,23-,27-/m0/s1. The first-order valence-corrected chi connectivity index (χ1v) is 12.4. The fraction of sp³-hybridized carbons (Fsp3) is 0.500. The number of ether oxygens (including phenoxy) is 3. The van der Waals surface area contributed by atoms with Crippen LogP contribution >= 0.6 is 0 Å². The van der Waals surface area contributed by atoms with Crippen LogP contribution in [0.5, 0.6) is 17.2 Å². The van der Waals surface area contributed by atoms with Crippen molar-refractivity contribution in [3.8, 4) is 17.2 Å². The Labute approximate surface area is 207 Å². The van der Waals surface area contributed by atoms with Crippen LogP contribution in [0.15, 0.2) is 42.5 Å². The van der Waals surface area contributed by atoms with Crippen molar-refractivity contribution < 1.29 is 23.8 Å². The van der Waals surface area contributed by atoms with Crippen LogP contribution in [0.4, 0.5) is 5.69 Å². The number of nitrogens with one attached hydrogen (secondary N) is 1. The minimum absolute atomic E-state index is 0.00880. The molecule has 0 unspecified atom stereocenters. The molecule has 0 bridgehead atoms. The maximum Gasteiger partial charge on any atom is 0.227 e. The number of piperidine rings is 1. The van der Waals surface area contributed by atoms with Crippen LogP contribution in [0.2, 0.25) is 0 Å². The lowest BCUT2D eigenvalue weighted by Gasteiger charge is -2.41. The Morgan fingerprint density at radius 1 is 0.886 bits per heavy atom. The van der Waals surface area contributed by atoms with Crippen LogP contribution in [0, 0.1) is 11.8 Å². The molecule has 7 nitrogen and oxygen atoms in total. The quantitative estimate of drug-likeness (QED) is 0.611. The molecule has 7 heteroatoms. The fourth-order valence-electron chi connectivity index (χ4n) is 5.35. The number of carbonyl (C=O) groups is 2. The van der Waals surface area contributed by atoms with E-state index in [0.29, 0.717) is 36.0 Å². The van der Waals surface area contributed by atoms with Gasteiger partial charge in [0.2, 0.25) is 11.8 Å². The van der Waals surface area contributed by atoms with Gasteiger partial charge in [0.25, 0.3) is 0 Å². The minimum Gasteiger partial charge on any atom is -0.497 e. The second kappa shape index (κ2) is 11.0. The lowest BCUT2D eigenvalue weighted by atomic mass is 9.82. The molecule has 2 amide bonds. The van der Waals surface area contributed by atoms with Crippen molar-refractivity contribution in [1.29, 1.82) is 0 Å². The Kier molecular flexibility index (Phi) is 7.83. The second-order valence-electron chi connectivity index (χ2n) is 9.63. The number of rotatable bonds is 7. The second-order valence-corrected chi connectivity index (χ2v) is 9.63. The van der Waals surface area contributed by atoms with Gasteiger partial charge in [0.1, 0.15) is 5.75 Å². The molecule has 1 aliphatic heterocycles. The van der Waals surface area contributed by atoms with Crippen molar-refractivity contribution in [2.45, 2.75) is 57.5 Å². The zero-order valence-electron chi connectivity index (χ0n) is 21.1. The topological polar surface area (TPSA) is 77.1 Å². The van der Waals surface area contributed by atoms with E-state index < -0.39 is 6.04 Å². The molecule has 188 valence electrons. The highest BCUT2D eigenvalue weighted by molar-refractivity contribution is 5.97. The van der Waals surface area contributed by atoms with E-state index in [1.165, 1.54) is 0 Å². The maximum atomic E-state index is 13.7. The number of nitrogens with zero attached hydrogens (tertiary/aromatic N) is 1. The van der Waals surface area contributed by atoms with E-state index >= 15 is 0 Å². The molecule has 2 fully saturated rings. The highest BCUT2D eigenvalue weighted by atomic mass is 16.5. The SMILES string of the molecule is COc1ccc(N2C(=O)CC[C@H](C(=O)NC3CCC(C)CC3)[C@@H]2c2ccc(OC)c(OC)c2)cc1. The lowest BCUT2D eigenvalue weighted by Crippen LogP contribution is -2.50. The number of amides is 2. The van der Waals surface area contributed by atoms with Crippen LogP contribution in [0.3, 0.4) is 0 Å². The van der Waals surface area contributed by atoms with Gasteiger partial charge in [0.05, 0.1) is 33.3 Å². The smallest absolute Gasteiger partial charge is 0.227 e. The average Bonchev–Trinajstić information content (AvgIpc) is 2.89. The molecule has 1 N–H and O–H groups in total. The van der Waals surface area contributed by atoms with Gasteiger partial charge in [-0.15, -0.1) is 0 Å². The summed E-state index contributed by atoms with van der Waals surface area (Å²) in [6, 6.07) is 12.8. The summed E-state index contributed by atoms with van der Waals surface area (Å²) in [6.07, 6.45) is 5.08. The Morgan fingerprint density at radius 3 is 2.20 bits per heavy atom. The van der Waals surface area contributed by atoms with Gasteiger partial charge in [-0.1, -0.05) is 13.0 Å². The predicted molar refractivity (Wildman–Crippen MR) is 135 cm³/mol. The lowest BCUT2D eigenvalue weighted by molar-refractivity contribution is -0.130. The molecule has 35 heavy (non-hydrogen) atoms. The number of hydrogen-bond donors (Lipinski definition) is 1. The highest BCUT2D eigenvalue weighted by Crippen LogP contribution is 2.43. The third-order valence-corrected chi connectivity index (χ3v) is 7.40. The van der Waals surface area contributed by atoms with E-state index in [2.05, 4.69) is 12.2 Å². The zero-order chi connectivity index (χ0) is 24.9. The van der Waals surface area contributed by atoms with E-state index in [4.69, 9.17) is 14.2 Å². The first-order chi connectivity index (χ1) is 16.9. The number of anilines is 1. The van der Waals surface area contributed by atoms with Crippen LogP contribution < -0.4 is 24.4 Å². The third-order valence-electron chi connectivity index (χ3n) is 7.40. The van der Waals surface area contributed by atoms with Gasteiger partial charge < -0.3 is 24.4 Å². The van der Waals surface area contributed by atoms with Gasteiger partial charge in [0.15, 0.2) is 11.5 Å². The molecule has 0 aromatic heterocycles. The van der Waals surface area contributed by atoms with E-state index in [1.54, 1.807) is 26.2 Å². The summed E-state index contributed by atoms with van der Waals surface area (Å²) in [7, 11) is 4.79. The monoisotopic (exact) mass is 480 g/mol. The van der Waals surface area contributed by atoms with Gasteiger partial charge in [-0.3, -0.25) is 9.59 Å². The molecule has 1 saturated heterocycles. The van der Waals surface area contributed by atoms with Gasteiger partial charge >= 0.3 is 0 Å². The van der Waals surface area contributed by atoms with Crippen LogP contribution in [-0.2, 0) is 9.59 Å². The normalized spacial score (nSPS) is 24.6. The summed E-state index contributed by atoms with van der Waals surface area (Å²) in [5.41, 5.74) is 1.57. The summed E-state index contributed by atoms with van der Waals surface area (Å²) in [4.78, 5) is 28.7. The molecule has 1 heterocycles. The number of methoxy groups -OCH3 is 3. The first-order valence-electron chi connectivity index (χ1n) is 12.4.